The van der Waals surface area contributed by atoms with Crippen LogP contribution in [0.2, 0.25) is 0 Å². The Morgan fingerprint density at radius 2 is 1.86 bits per heavy atom. The minimum absolute atomic E-state index is 0.0750. The maximum absolute atomic E-state index is 9.16. The lowest BCUT2D eigenvalue weighted by molar-refractivity contribution is 0.376. The maximum atomic E-state index is 9.16. The van der Waals surface area contributed by atoms with E-state index in [2.05, 4.69) is 10.7 Å². The number of benzene rings is 1. The predicted octanol–water partition coefficient (Wildman–Crippen LogP) is 0.683. The molecule has 0 radical (unpaired) electrons. The van der Waals surface area contributed by atoms with E-state index >= 15 is 0 Å². The van der Waals surface area contributed by atoms with Gasteiger partial charge in [0.05, 0.1) is 0 Å². The molecule has 0 aromatic heterocycles. The van der Waals surface area contributed by atoms with Gasteiger partial charge in [0, 0.05) is 5.69 Å². The Kier molecular flexibility index (Phi) is 3.73. The van der Waals surface area contributed by atoms with Crippen LogP contribution < -0.4 is 16.5 Å². The molecule has 0 spiro atoms. The van der Waals surface area contributed by atoms with Crippen molar-refractivity contribution in [2.24, 2.45) is 5.73 Å². The highest BCUT2D eigenvalue weighted by Gasteiger charge is 2.47. The largest absolute Gasteiger partial charge is 0.383 e. The zero-order valence-corrected chi connectivity index (χ0v) is 11.5. The van der Waals surface area contributed by atoms with Crippen molar-refractivity contribution in [3.63, 3.8) is 0 Å². The predicted molar refractivity (Wildman–Crippen MR) is 78.4 cm³/mol. The van der Waals surface area contributed by atoms with Crippen molar-refractivity contribution < 1.29 is 0 Å². The first kappa shape index (κ1) is 14.3. The van der Waals surface area contributed by atoms with Gasteiger partial charge in [0.2, 0.25) is 5.54 Å². The van der Waals surface area contributed by atoms with Crippen molar-refractivity contribution in [2.75, 3.05) is 5.32 Å². The number of anilines is 1. The Labute approximate surface area is 126 Å². The van der Waals surface area contributed by atoms with E-state index in [1.165, 1.54) is 0 Å². The zero-order chi connectivity index (χ0) is 15.5. The molecule has 0 aliphatic carbocycles. The molecule has 0 saturated heterocycles. The van der Waals surface area contributed by atoms with Crippen molar-refractivity contribution >= 4 is 23.0 Å². The molecule has 7 nitrogen and oxygen atoms in total. The molecule has 1 heterocycles. The van der Waals surface area contributed by atoms with Crippen LogP contribution in [0.25, 0.3) is 0 Å². The number of nitrogens with zero attached hydrogens (tertiary/aromatic N) is 4. The quantitative estimate of drug-likeness (QED) is 0.646. The van der Waals surface area contributed by atoms with E-state index in [1.54, 1.807) is 30.3 Å². The number of hydrogen-bond donors (Lipinski definition) is 3. The molecule has 0 bridgehead atoms. The number of nitrogens with two attached hydrogens (primary N) is 1. The molecule has 0 atom stereocenters. The van der Waals surface area contributed by atoms with Crippen molar-refractivity contribution in [1.29, 1.82) is 15.8 Å². The molecule has 1 aromatic carbocycles. The molecule has 0 saturated carbocycles. The Bertz CT molecular complexity index is 719. The first-order chi connectivity index (χ1) is 10.1. The monoisotopic (exact) mass is 295 g/mol. The molecule has 102 valence electrons. The van der Waals surface area contributed by atoms with Gasteiger partial charge >= 0.3 is 0 Å². The maximum Gasteiger partial charge on any atom is 0.249 e. The summed E-state index contributed by atoms with van der Waals surface area (Å²) in [6, 6.07) is 14.3. The van der Waals surface area contributed by atoms with Gasteiger partial charge in [0.15, 0.2) is 5.11 Å². The molecule has 4 N–H and O–H groups in total. The smallest absolute Gasteiger partial charge is 0.249 e. The molecule has 1 aliphatic rings. The molecular weight excluding hydrogens is 286 g/mol. The van der Waals surface area contributed by atoms with Crippen LogP contribution in [0.15, 0.2) is 41.7 Å². The number of hydrogen-bond acceptors (Lipinski definition) is 6. The summed E-state index contributed by atoms with van der Waals surface area (Å²) in [4.78, 5) is 0. The number of thiocarbonyl (C=S) groups is 1. The van der Waals surface area contributed by atoms with Crippen LogP contribution in [0.4, 0.5) is 5.69 Å². The highest BCUT2D eigenvalue weighted by molar-refractivity contribution is 7.80. The standard InChI is InChI=1S/C13H9N7S/c14-6-10-11(17)20(19-13(10,7-15)8-16)12(21)18-9-4-2-1-3-5-9/h1-5,19H,17H2,(H,18,21). The summed E-state index contributed by atoms with van der Waals surface area (Å²) in [7, 11) is 0. The second-order valence-electron chi connectivity index (χ2n) is 4.09. The first-order valence-corrected chi connectivity index (χ1v) is 6.15. The van der Waals surface area contributed by atoms with E-state index in [1.807, 2.05) is 18.2 Å². The highest BCUT2D eigenvalue weighted by atomic mass is 32.1. The third kappa shape index (κ3) is 2.35. The lowest BCUT2D eigenvalue weighted by Gasteiger charge is -2.23. The third-order valence-corrected chi connectivity index (χ3v) is 3.11. The molecule has 1 aromatic rings. The van der Waals surface area contributed by atoms with Gasteiger partial charge in [-0.3, -0.25) is 0 Å². The topological polar surface area (TPSA) is 125 Å². The van der Waals surface area contributed by atoms with E-state index < -0.39 is 5.54 Å². The van der Waals surface area contributed by atoms with Crippen molar-refractivity contribution in [2.45, 2.75) is 5.54 Å². The third-order valence-electron chi connectivity index (χ3n) is 2.83. The fourth-order valence-corrected chi connectivity index (χ4v) is 2.04. The van der Waals surface area contributed by atoms with Crippen LogP contribution in [0.5, 0.6) is 0 Å². The molecule has 0 amide bonds. The van der Waals surface area contributed by atoms with Gasteiger partial charge in [-0.15, -0.1) is 0 Å². The average Bonchev–Trinajstić information content (AvgIpc) is 2.81. The van der Waals surface area contributed by atoms with Gasteiger partial charge in [-0.05, 0) is 24.4 Å². The summed E-state index contributed by atoms with van der Waals surface area (Å²) in [5.41, 5.74) is 7.07. The number of para-hydroxylation sites is 1. The molecule has 2 rings (SSSR count). The lowest BCUT2D eigenvalue weighted by Crippen LogP contribution is -2.50. The van der Waals surface area contributed by atoms with Gasteiger partial charge in [-0.2, -0.15) is 21.2 Å². The minimum Gasteiger partial charge on any atom is -0.383 e. The van der Waals surface area contributed by atoms with Crippen molar-refractivity contribution in [3.8, 4) is 18.2 Å². The normalized spacial score (nSPS) is 15.8. The highest BCUT2D eigenvalue weighted by Crippen LogP contribution is 2.26. The number of rotatable bonds is 1. The number of hydrazine groups is 1. The zero-order valence-electron chi connectivity index (χ0n) is 10.7. The number of nitriles is 3. The summed E-state index contributed by atoms with van der Waals surface area (Å²) in [5.74, 6) is -0.0750. The van der Waals surface area contributed by atoms with Crippen LogP contribution in [0.3, 0.4) is 0 Å². The Morgan fingerprint density at radius 1 is 1.24 bits per heavy atom. The van der Waals surface area contributed by atoms with Gasteiger partial charge in [-0.1, -0.05) is 18.2 Å². The summed E-state index contributed by atoms with van der Waals surface area (Å²) in [6.07, 6.45) is 0. The van der Waals surface area contributed by atoms with Crippen LogP contribution in [0, 0.1) is 34.0 Å². The summed E-state index contributed by atoms with van der Waals surface area (Å²) in [6.45, 7) is 0. The SMILES string of the molecule is N#CC1=C(N)N(C(=S)Nc2ccccc2)NC1(C#N)C#N. The second-order valence-corrected chi connectivity index (χ2v) is 4.48. The average molecular weight is 295 g/mol. The Balaban J connectivity index is 2.30. The molecule has 21 heavy (non-hydrogen) atoms. The van der Waals surface area contributed by atoms with E-state index in [0.717, 1.165) is 5.01 Å². The van der Waals surface area contributed by atoms with E-state index in [4.69, 9.17) is 33.7 Å². The van der Waals surface area contributed by atoms with Gasteiger partial charge in [0.1, 0.15) is 29.6 Å². The summed E-state index contributed by atoms with van der Waals surface area (Å²) < 4.78 is 0. The van der Waals surface area contributed by atoms with Crippen LogP contribution in [0.1, 0.15) is 0 Å². The fourth-order valence-electron chi connectivity index (χ4n) is 1.78. The molecule has 1 aliphatic heterocycles. The van der Waals surface area contributed by atoms with Gasteiger partial charge in [0.25, 0.3) is 0 Å². The van der Waals surface area contributed by atoms with Gasteiger partial charge in [-0.25, -0.2) is 5.01 Å². The van der Waals surface area contributed by atoms with Crippen LogP contribution >= 0.6 is 12.2 Å². The van der Waals surface area contributed by atoms with E-state index in [0.29, 0.717) is 5.69 Å². The Hall–Kier alpha value is -3.12. The Morgan fingerprint density at radius 3 is 2.33 bits per heavy atom. The fraction of sp³-hybridized carbons (Fsp3) is 0.0769. The molecule has 8 heteroatoms. The summed E-state index contributed by atoms with van der Waals surface area (Å²) >= 11 is 5.18. The van der Waals surface area contributed by atoms with Crippen LogP contribution in [-0.2, 0) is 0 Å². The van der Waals surface area contributed by atoms with E-state index in [-0.39, 0.29) is 16.5 Å². The molecule has 0 fully saturated rings. The number of nitrogens with one attached hydrogen (secondary N) is 2. The minimum atomic E-state index is -1.83. The van der Waals surface area contributed by atoms with Crippen LogP contribution in [-0.4, -0.2) is 15.7 Å². The van der Waals surface area contributed by atoms with Gasteiger partial charge < -0.3 is 11.1 Å². The summed E-state index contributed by atoms with van der Waals surface area (Å²) in [5, 5.41) is 31.6. The van der Waals surface area contributed by atoms with Crippen molar-refractivity contribution in [3.05, 3.63) is 41.7 Å². The molecule has 0 unspecified atom stereocenters. The first-order valence-electron chi connectivity index (χ1n) is 5.75. The molecular formula is C13H9N7S. The van der Waals surface area contributed by atoms with Crippen molar-refractivity contribution in [1.82, 2.24) is 10.4 Å². The lowest BCUT2D eigenvalue weighted by atomic mass is 9.96. The van der Waals surface area contributed by atoms with E-state index in [9.17, 15) is 0 Å². The second kappa shape index (κ2) is 5.48.